The minimum Gasteiger partial charge on any atom is -0.313 e. The zero-order chi connectivity index (χ0) is 15.1. The third-order valence-corrected chi connectivity index (χ3v) is 6.05. The van der Waals surface area contributed by atoms with Crippen LogP contribution in [0.25, 0.3) is 0 Å². The largest absolute Gasteiger partial charge is 0.313 e. The fourth-order valence-corrected chi connectivity index (χ4v) is 3.92. The molecule has 1 aromatic carbocycles. The Kier molecular flexibility index (Phi) is 6.74. The predicted octanol–water partition coefficient (Wildman–Crippen LogP) is 4.68. The molecule has 21 heavy (non-hydrogen) atoms. The van der Waals surface area contributed by atoms with Crippen LogP contribution >= 0.6 is 23.1 Å². The monoisotopic (exact) mass is 320 g/mol. The van der Waals surface area contributed by atoms with Gasteiger partial charge in [0.15, 0.2) is 0 Å². The molecule has 2 rings (SSSR count). The molecule has 0 spiro atoms. The van der Waals surface area contributed by atoms with E-state index in [2.05, 4.69) is 54.9 Å². The Bertz CT molecular complexity index is 525. The van der Waals surface area contributed by atoms with E-state index < -0.39 is 0 Å². The van der Waals surface area contributed by atoms with Gasteiger partial charge in [-0.1, -0.05) is 44.2 Å². The van der Waals surface area contributed by atoms with Gasteiger partial charge in [0.1, 0.15) is 5.01 Å². The summed E-state index contributed by atoms with van der Waals surface area (Å²) < 4.78 is 0. The summed E-state index contributed by atoms with van der Waals surface area (Å²) in [5.74, 6) is 1.04. The molecule has 2 atom stereocenters. The molecule has 1 heterocycles. The van der Waals surface area contributed by atoms with E-state index in [1.165, 1.54) is 22.7 Å². The molecule has 0 radical (unpaired) electrons. The van der Waals surface area contributed by atoms with Crippen molar-refractivity contribution in [2.45, 2.75) is 43.7 Å². The second-order valence-corrected chi connectivity index (χ2v) is 7.59. The summed E-state index contributed by atoms with van der Waals surface area (Å²) in [6.07, 6.45) is 2.17. The average Bonchev–Trinajstić information content (AvgIpc) is 2.98. The Morgan fingerprint density at radius 3 is 2.71 bits per heavy atom. The molecule has 0 saturated carbocycles. The van der Waals surface area contributed by atoms with Gasteiger partial charge in [-0.25, -0.2) is 4.98 Å². The number of rotatable bonds is 8. The molecule has 0 aliphatic rings. The van der Waals surface area contributed by atoms with Gasteiger partial charge in [-0.2, -0.15) is 11.8 Å². The lowest BCUT2D eigenvalue weighted by atomic mass is 10.0. The van der Waals surface area contributed by atoms with Crippen LogP contribution in [0.1, 0.15) is 42.6 Å². The summed E-state index contributed by atoms with van der Waals surface area (Å²) >= 11 is 3.79. The van der Waals surface area contributed by atoms with E-state index in [4.69, 9.17) is 4.98 Å². The van der Waals surface area contributed by atoms with Crippen molar-refractivity contribution in [2.24, 2.45) is 0 Å². The molecule has 4 heteroatoms. The van der Waals surface area contributed by atoms with Crippen molar-refractivity contribution in [2.75, 3.05) is 7.05 Å². The molecule has 0 bridgehead atoms. The smallest absolute Gasteiger partial charge is 0.103 e. The molecule has 0 amide bonds. The lowest BCUT2D eigenvalue weighted by molar-refractivity contribution is 0.585. The average molecular weight is 321 g/mol. The van der Waals surface area contributed by atoms with E-state index in [0.717, 1.165) is 12.2 Å². The van der Waals surface area contributed by atoms with E-state index in [0.29, 0.717) is 11.3 Å². The zero-order valence-corrected chi connectivity index (χ0v) is 14.6. The maximum Gasteiger partial charge on any atom is 0.103 e. The topological polar surface area (TPSA) is 24.9 Å². The molecule has 0 saturated heterocycles. The minimum atomic E-state index is 0.336. The van der Waals surface area contributed by atoms with Crippen molar-refractivity contribution < 1.29 is 0 Å². The van der Waals surface area contributed by atoms with E-state index in [9.17, 15) is 0 Å². The van der Waals surface area contributed by atoms with Gasteiger partial charge in [-0.3, -0.25) is 0 Å². The minimum absolute atomic E-state index is 0.336. The second-order valence-electron chi connectivity index (χ2n) is 5.22. The van der Waals surface area contributed by atoms with Gasteiger partial charge < -0.3 is 5.32 Å². The SMILES string of the molecule is CCC(C)SCc1nc(CC(NC)c2ccccc2)cs1. The molecule has 1 aromatic heterocycles. The number of hydrogen-bond acceptors (Lipinski definition) is 4. The maximum atomic E-state index is 4.79. The lowest BCUT2D eigenvalue weighted by Gasteiger charge is -2.15. The van der Waals surface area contributed by atoms with Crippen molar-refractivity contribution in [1.29, 1.82) is 0 Å². The molecule has 2 unspecified atom stereocenters. The molecule has 2 aromatic rings. The number of hydrogen-bond donors (Lipinski definition) is 1. The summed E-state index contributed by atoms with van der Waals surface area (Å²) in [7, 11) is 2.02. The zero-order valence-electron chi connectivity index (χ0n) is 13.0. The number of aromatic nitrogens is 1. The molecule has 114 valence electrons. The first-order valence-corrected chi connectivity index (χ1v) is 9.42. The van der Waals surface area contributed by atoms with Gasteiger partial charge >= 0.3 is 0 Å². The Balaban J connectivity index is 1.95. The van der Waals surface area contributed by atoms with Crippen LogP contribution in [-0.4, -0.2) is 17.3 Å². The lowest BCUT2D eigenvalue weighted by Crippen LogP contribution is -2.18. The van der Waals surface area contributed by atoms with Gasteiger partial charge in [0.25, 0.3) is 0 Å². The number of thioether (sulfide) groups is 1. The quantitative estimate of drug-likeness (QED) is 0.764. The van der Waals surface area contributed by atoms with Crippen LogP contribution in [0.15, 0.2) is 35.7 Å². The fraction of sp³-hybridized carbons (Fsp3) is 0.471. The van der Waals surface area contributed by atoms with Gasteiger partial charge in [-0.15, -0.1) is 11.3 Å². The fourth-order valence-electron chi connectivity index (χ4n) is 2.12. The van der Waals surface area contributed by atoms with E-state index in [1.54, 1.807) is 11.3 Å². The van der Waals surface area contributed by atoms with Crippen molar-refractivity contribution >= 4 is 23.1 Å². The molecular weight excluding hydrogens is 296 g/mol. The van der Waals surface area contributed by atoms with Crippen LogP contribution in [0.4, 0.5) is 0 Å². The maximum absolute atomic E-state index is 4.79. The van der Waals surface area contributed by atoms with E-state index >= 15 is 0 Å². The van der Waals surface area contributed by atoms with Crippen LogP contribution in [0, 0.1) is 0 Å². The first kappa shape index (κ1) is 16.5. The van der Waals surface area contributed by atoms with Crippen molar-refractivity contribution in [3.63, 3.8) is 0 Å². The number of nitrogens with zero attached hydrogens (tertiary/aromatic N) is 1. The number of thiazole rings is 1. The van der Waals surface area contributed by atoms with Crippen molar-refractivity contribution in [3.8, 4) is 0 Å². The standard InChI is InChI=1S/C17H24N2S2/c1-4-13(2)20-12-17-19-15(11-21-17)10-16(18-3)14-8-6-5-7-9-14/h5-9,11,13,16,18H,4,10,12H2,1-3H3. The van der Waals surface area contributed by atoms with Crippen LogP contribution in [0.5, 0.6) is 0 Å². The summed E-state index contributed by atoms with van der Waals surface area (Å²) in [5, 5.41) is 7.57. The first-order chi connectivity index (χ1) is 10.2. The Hall–Kier alpha value is -0.840. The Morgan fingerprint density at radius 1 is 1.29 bits per heavy atom. The highest BCUT2D eigenvalue weighted by Gasteiger charge is 2.12. The van der Waals surface area contributed by atoms with Crippen molar-refractivity contribution in [3.05, 3.63) is 52.0 Å². The van der Waals surface area contributed by atoms with E-state index in [-0.39, 0.29) is 0 Å². The van der Waals surface area contributed by atoms with Crippen LogP contribution in [0.2, 0.25) is 0 Å². The van der Waals surface area contributed by atoms with E-state index in [1.807, 2.05) is 18.8 Å². The third kappa shape index (κ3) is 5.13. The molecule has 0 aliphatic heterocycles. The summed E-state index contributed by atoms with van der Waals surface area (Å²) in [5.41, 5.74) is 2.52. The summed E-state index contributed by atoms with van der Waals surface area (Å²) in [6, 6.07) is 10.9. The molecule has 0 aliphatic carbocycles. The first-order valence-electron chi connectivity index (χ1n) is 7.50. The van der Waals surface area contributed by atoms with Crippen molar-refractivity contribution in [1.82, 2.24) is 10.3 Å². The van der Waals surface area contributed by atoms with Gasteiger partial charge in [-0.05, 0) is 19.0 Å². The van der Waals surface area contributed by atoms with Gasteiger partial charge in [0, 0.05) is 28.8 Å². The normalized spacial score (nSPS) is 14.0. The summed E-state index contributed by atoms with van der Waals surface area (Å²) in [6.45, 7) is 4.52. The number of benzene rings is 1. The van der Waals surface area contributed by atoms with Crippen LogP contribution < -0.4 is 5.32 Å². The Morgan fingerprint density at radius 2 is 2.05 bits per heavy atom. The molecule has 0 fully saturated rings. The number of likely N-dealkylation sites (N-methyl/N-ethyl adjacent to an activating group) is 1. The van der Waals surface area contributed by atoms with Crippen LogP contribution in [-0.2, 0) is 12.2 Å². The Labute approximate surface area is 136 Å². The highest BCUT2D eigenvalue weighted by Crippen LogP contribution is 2.24. The predicted molar refractivity (Wildman–Crippen MR) is 95.1 cm³/mol. The van der Waals surface area contributed by atoms with Crippen LogP contribution in [0.3, 0.4) is 0 Å². The molecule has 1 N–H and O–H groups in total. The van der Waals surface area contributed by atoms with Gasteiger partial charge in [0.05, 0.1) is 5.69 Å². The summed E-state index contributed by atoms with van der Waals surface area (Å²) in [4.78, 5) is 4.79. The molecule has 2 nitrogen and oxygen atoms in total. The van der Waals surface area contributed by atoms with Gasteiger partial charge in [0.2, 0.25) is 0 Å². The highest BCUT2D eigenvalue weighted by molar-refractivity contribution is 7.99. The third-order valence-electron chi connectivity index (χ3n) is 3.63. The molecular formula is C17H24N2S2. The number of nitrogens with one attached hydrogen (secondary N) is 1. The highest BCUT2D eigenvalue weighted by atomic mass is 32.2. The second kappa shape index (κ2) is 8.57.